The fraction of sp³-hybridized carbons (Fsp3) is 0.600. The smallest absolute Gasteiger partial charge is 0.320 e. The van der Waals surface area contributed by atoms with Crippen molar-refractivity contribution in [1.82, 2.24) is 0 Å². The summed E-state index contributed by atoms with van der Waals surface area (Å²) in [7, 11) is -1.95. The molecule has 0 saturated heterocycles. The second-order valence-electron chi connectivity index (χ2n) is 3.89. The molecule has 0 rings (SSSR count). The van der Waals surface area contributed by atoms with Crippen LogP contribution in [0.5, 0.6) is 0 Å². The molecule has 0 aromatic rings. The van der Waals surface area contributed by atoms with Gasteiger partial charge < -0.3 is 9.53 Å². The van der Waals surface area contributed by atoms with Gasteiger partial charge in [0.15, 0.2) is 0 Å². The molecular weight excluding hydrogens is 212 g/mol. The molecule has 0 aromatic carbocycles. The molecule has 0 amide bonds. The van der Waals surface area contributed by atoms with Crippen LogP contribution in [0.15, 0.2) is 11.6 Å². The van der Waals surface area contributed by atoms with E-state index in [0.29, 0.717) is 0 Å². The van der Waals surface area contributed by atoms with E-state index in [-0.39, 0.29) is 12.0 Å². The van der Waals surface area contributed by atoms with Crippen LogP contribution >= 0.6 is 0 Å². The van der Waals surface area contributed by atoms with E-state index in [2.05, 4.69) is 0 Å². The maximum absolute atomic E-state index is 11.6. The van der Waals surface area contributed by atoms with Gasteiger partial charge in [-0.25, -0.2) is 4.79 Å². The molecule has 5 heteroatoms. The lowest BCUT2D eigenvalue weighted by molar-refractivity contribution is -0.139. The molecule has 0 fully saturated rings. The summed E-state index contributed by atoms with van der Waals surface area (Å²) in [5, 5.41) is 8.58. The van der Waals surface area contributed by atoms with Crippen molar-refractivity contribution in [3.63, 3.8) is 0 Å². The SMILES string of the molecule is CC=C(CC(=O)O)C(=O)O[Si](C)(C)CC. The average molecular weight is 230 g/mol. The van der Waals surface area contributed by atoms with Crippen molar-refractivity contribution >= 4 is 20.3 Å². The highest BCUT2D eigenvalue weighted by Crippen LogP contribution is 2.14. The minimum atomic E-state index is -1.95. The number of hydrogen-bond donors (Lipinski definition) is 1. The van der Waals surface area contributed by atoms with Crippen LogP contribution in [0.2, 0.25) is 19.1 Å². The van der Waals surface area contributed by atoms with Gasteiger partial charge in [-0.2, -0.15) is 0 Å². The maximum Gasteiger partial charge on any atom is 0.320 e. The number of rotatable bonds is 5. The first-order valence-corrected chi connectivity index (χ1v) is 8.04. The van der Waals surface area contributed by atoms with Crippen LogP contribution < -0.4 is 0 Å². The van der Waals surface area contributed by atoms with E-state index in [1.807, 2.05) is 20.0 Å². The van der Waals surface area contributed by atoms with Crippen molar-refractivity contribution in [2.75, 3.05) is 0 Å². The Morgan fingerprint density at radius 3 is 2.27 bits per heavy atom. The number of carbonyl (C=O) groups excluding carboxylic acids is 1. The highest BCUT2D eigenvalue weighted by molar-refractivity contribution is 6.72. The molecule has 0 saturated carbocycles. The Labute approximate surface area is 91.1 Å². The van der Waals surface area contributed by atoms with Crippen molar-refractivity contribution in [2.45, 2.75) is 39.4 Å². The number of carboxylic acid groups (broad SMARTS) is 1. The van der Waals surface area contributed by atoms with Gasteiger partial charge in [-0.3, -0.25) is 4.79 Å². The minimum absolute atomic E-state index is 0.219. The van der Waals surface area contributed by atoms with Gasteiger partial charge in [-0.1, -0.05) is 13.0 Å². The Bertz CT molecular complexity index is 281. The number of aliphatic carboxylic acids is 1. The van der Waals surface area contributed by atoms with Gasteiger partial charge in [-0.15, -0.1) is 0 Å². The normalized spacial score (nSPS) is 12.4. The largest absolute Gasteiger partial charge is 0.516 e. The van der Waals surface area contributed by atoms with Crippen LogP contribution in [-0.2, 0) is 14.0 Å². The molecule has 86 valence electrons. The van der Waals surface area contributed by atoms with E-state index in [9.17, 15) is 9.59 Å². The van der Waals surface area contributed by atoms with Gasteiger partial charge in [0, 0.05) is 5.57 Å². The fourth-order valence-electron chi connectivity index (χ4n) is 0.844. The monoisotopic (exact) mass is 230 g/mol. The first kappa shape index (κ1) is 13.9. The molecule has 0 atom stereocenters. The molecule has 0 aliphatic carbocycles. The third-order valence-corrected chi connectivity index (χ3v) is 4.61. The van der Waals surface area contributed by atoms with Crippen molar-refractivity contribution in [3.8, 4) is 0 Å². The highest BCUT2D eigenvalue weighted by atomic mass is 28.4. The van der Waals surface area contributed by atoms with Crippen LogP contribution in [0.4, 0.5) is 0 Å². The van der Waals surface area contributed by atoms with Gasteiger partial charge >= 0.3 is 11.9 Å². The van der Waals surface area contributed by atoms with Gasteiger partial charge in [-0.05, 0) is 26.1 Å². The van der Waals surface area contributed by atoms with Crippen molar-refractivity contribution < 1.29 is 19.1 Å². The lowest BCUT2D eigenvalue weighted by Crippen LogP contribution is -2.33. The van der Waals surface area contributed by atoms with Gasteiger partial charge in [0.2, 0.25) is 8.32 Å². The van der Waals surface area contributed by atoms with Crippen LogP contribution in [-0.4, -0.2) is 25.4 Å². The zero-order valence-electron chi connectivity index (χ0n) is 9.66. The summed E-state index contributed by atoms with van der Waals surface area (Å²) >= 11 is 0. The molecule has 0 aliphatic rings. The molecule has 0 radical (unpaired) electrons. The highest BCUT2D eigenvalue weighted by Gasteiger charge is 2.26. The molecule has 4 nitrogen and oxygen atoms in total. The van der Waals surface area contributed by atoms with E-state index in [0.717, 1.165) is 6.04 Å². The molecule has 0 bridgehead atoms. The van der Waals surface area contributed by atoms with Crippen LogP contribution in [0.1, 0.15) is 20.3 Å². The topological polar surface area (TPSA) is 63.6 Å². The van der Waals surface area contributed by atoms with E-state index in [4.69, 9.17) is 9.53 Å². The molecule has 0 aliphatic heterocycles. The van der Waals surface area contributed by atoms with E-state index in [1.54, 1.807) is 6.92 Å². The number of allylic oxidation sites excluding steroid dienone is 1. The molecule has 1 N–H and O–H groups in total. The molecule has 0 heterocycles. The zero-order chi connectivity index (χ0) is 12.1. The summed E-state index contributed by atoms with van der Waals surface area (Å²) in [6, 6.07) is 0.822. The van der Waals surface area contributed by atoms with Gasteiger partial charge in [0.25, 0.3) is 0 Å². The first-order valence-electron chi connectivity index (χ1n) is 4.92. The Morgan fingerprint density at radius 1 is 1.40 bits per heavy atom. The Kier molecular flexibility index (Phi) is 5.28. The third kappa shape index (κ3) is 5.36. The standard InChI is InChI=1S/C10H18O4Si/c1-5-8(7-9(11)12)10(13)14-15(3,4)6-2/h5H,6-7H2,1-4H3,(H,11,12). The Balaban J connectivity index is 4.49. The molecule has 0 spiro atoms. The summed E-state index contributed by atoms with van der Waals surface area (Å²) in [5.74, 6) is -1.51. The second kappa shape index (κ2) is 5.70. The summed E-state index contributed by atoms with van der Waals surface area (Å²) in [6.45, 7) is 7.46. The molecule has 15 heavy (non-hydrogen) atoms. The summed E-state index contributed by atoms with van der Waals surface area (Å²) < 4.78 is 5.31. The average Bonchev–Trinajstić information content (AvgIpc) is 2.13. The predicted molar refractivity (Wildman–Crippen MR) is 60.1 cm³/mol. The Morgan fingerprint density at radius 2 is 1.93 bits per heavy atom. The van der Waals surface area contributed by atoms with Gasteiger partial charge in [0.1, 0.15) is 0 Å². The predicted octanol–water partition coefficient (Wildman–Crippen LogP) is 2.18. The minimum Gasteiger partial charge on any atom is -0.516 e. The number of carboxylic acids is 1. The zero-order valence-corrected chi connectivity index (χ0v) is 10.7. The molecule has 0 unspecified atom stereocenters. The van der Waals surface area contributed by atoms with Crippen molar-refractivity contribution in [2.24, 2.45) is 0 Å². The quantitative estimate of drug-likeness (QED) is 0.581. The van der Waals surface area contributed by atoms with E-state index in [1.165, 1.54) is 6.08 Å². The molecular formula is C10H18O4Si. The van der Waals surface area contributed by atoms with Crippen molar-refractivity contribution in [3.05, 3.63) is 11.6 Å². The van der Waals surface area contributed by atoms with E-state index < -0.39 is 20.3 Å². The Hall–Kier alpha value is -1.10. The number of carbonyl (C=O) groups is 2. The van der Waals surface area contributed by atoms with Gasteiger partial charge in [0.05, 0.1) is 6.42 Å². The fourth-order valence-corrected chi connectivity index (χ4v) is 1.62. The summed E-state index contributed by atoms with van der Waals surface area (Å²) in [6.07, 6.45) is 1.22. The van der Waals surface area contributed by atoms with Crippen LogP contribution in [0.3, 0.4) is 0 Å². The number of hydrogen-bond acceptors (Lipinski definition) is 3. The second-order valence-corrected chi connectivity index (χ2v) is 8.32. The summed E-state index contributed by atoms with van der Waals surface area (Å²) in [4.78, 5) is 22.0. The van der Waals surface area contributed by atoms with E-state index >= 15 is 0 Å². The first-order chi connectivity index (χ1) is 6.82. The lowest BCUT2D eigenvalue weighted by atomic mass is 10.2. The summed E-state index contributed by atoms with van der Waals surface area (Å²) in [5.41, 5.74) is 0.219. The lowest BCUT2D eigenvalue weighted by Gasteiger charge is -2.21. The third-order valence-electron chi connectivity index (χ3n) is 2.17. The van der Waals surface area contributed by atoms with Crippen LogP contribution in [0.25, 0.3) is 0 Å². The maximum atomic E-state index is 11.6. The van der Waals surface area contributed by atoms with Crippen molar-refractivity contribution in [1.29, 1.82) is 0 Å². The molecule has 0 aromatic heterocycles. The van der Waals surface area contributed by atoms with Crippen LogP contribution in [0, 0.1) is 0 Å².